The second kappa shape index (κ2) is 4.29. The highest BCUT2D eigenvalue weighted by Crippen LogP contribution is 2.38. The molecule has 0 bridgehead atoms. The number of allylic oxidation sites excluding steroid dienone is 4. The van der Waals surface area contributed by atoms with Gasteiger partial charge in [-0.3, -0.25) is 0 Å². The molecule has 84 valence electrons. The van der Waals surface area contributed by atoms with E-state index in [-0.39, 0.29) is 0 Å². The van der Waals surface area contributed by atoms with Crippen molar-refractivity contribution in [3.63, 3.8) is 0 Å². The third-order valence-corrected chi connectivity index (χ3v) is 3.83. The molecule has 0 saturated carbocycles. The van der Waals surface area contributed by atoms with Crippen LogP contribution in [0.2, 0.25) is 0 Å². The van der Waals surface area contributed by atoms with Gasteiger partial charge in [0.1, 0.15) is 0 Å². The van der Waals surface area contributed by atoms with Gasteiger partial charge in [0.25, 0.3) is 0 Å². The molecule has 0 nitrogen and oxygen atoms in total. The SMILES string of the molecule is CC(C)C1(C)C=CC(c2ccccc2)=CC1. The van der Waals surface area contributed by atoms with Crippen molar-refractivity contribution >= 4 is 5.57 Å². The van der Waals surface area contributed by atoms with Gasteiger partial charge in [0.05, 0.1) is 0 Å². The van der Waals surface area contributed by atoms with Gasteiger partial charge in [0, 0.05) is 0 Å². The summed E-state index contributed by atoms with van der Waals surface area (Å²) in [5.74, 6) is 0.692. The summed E-state index contributed by atoms with van der Waals surface area (Å²) in [5.41, 5.74) is 3.02. The van der Waals surface area contributed by atoms with Crippen LogP contribution in [0.1, 0.15) is 32.8 Å². The van der Waals surface area contributed by atoms with Gasteiger partial charge < -0.3 is 0 Å². The predicted molar refractivity (Wildman–Crippen MR) is 71.1 cm³/mol. The van der Waals surface area contributed by atoms with Gasteiger partial charge in [0.15, 0.2) is 0 Å². The fourth-order valence-electron chi connectivity index (χ4n) is 2.02. The van der Waals surface area contributed by atoms with Crippen LogP contribution in [0, 0.1) is 11.3 Å². The summed E-state index contributed by atoms with van der Waals surface area (Å²) in [4.78, 5) is 0. The molecule has 1 aromatic rings. The number of hydrogen-bond acceptors (Lipinski definition) is 0. The Morgan fingerprint density at radius 1 is 1.12 bits per heavy atom. The zero-order valence-corrected chi connectivity index (χ0v) is 10.4. The quantitative estimate of drug-likeness (QED) is 0.667. The molecule has 1 aliphatic rings. The molecular weight excluding hydrogens is 192 g/mol. The van der Waals surface area contributed by atoms with E-state index in [2.05, 4.69) is 69.3 Å². The van der Waals surface area contributed by atoms with Gasteiger partial charge >= 0.3 is 0 Å². The molecule has 1 atom stereocenters. The largest absolute Gasteiger partial charge is 0.0774 e. The van der Waals surface area contributed by atoms with Crippen molar-refractivity contribution in [2.45, 2.75) is 27.2 Å². The maximum absolute atomic E-state index is 2.38. The molecule has 2 rings (SSSR count). The van der Waals surface area contributed by atoms with Gasteiger partial charge in [-0.2, -0.15) is 0 Å². The number of rotatable bonds is 2. The van der Waals surface area contributed by atoms with Crippen LogP contribution in [0.4, 0.5) is 0 Å². The Morgan fingerprint density at radius 2 is 1.81 bits per heavy atom. The van der Waals surface area contributed by atoms with Crippen molar-refractivity contribution in [1.29, 1.82) is 0 Å². The van der Waals surface area contributed by atoms with Crippen LogP contribution in [0.3, 0.4) is 0 Å². The molecule has 0 aliphatic heterocycles. The Balaban J connectivity index is 2.20. The van der Waals surface area contributed by atoms with Gasteiger partial charge in [-0.15, -0.1) is 0 Å². The molecule has 1 aliphatic carbocycles. The van der Waals surface area contributed by atoms with E-state index in [9.17, 15) is 0 Å². The molecular formula is C16H20. The second-order valence-electron chi connectivity index (χ2n) is 5.22. The van der Waals surface area contributed by atoms with Crippen LogP contribution >= 0.6 is 0 Å². The first-order valence-corrected chi connectivity index (χ1v) is 6.07. The summed E-state index contributed by atoms with van der Waals surface area (Å²) >= 11 is 0. The minimum Gasteiger partial charge on any atom is -0.0774 e. The molecule has 0 spiro atoms. The summed E-state index contributed by atoms with van der Waals surface area (Å²) in [7, 11) is 0. The van der Waals surface area contributed by atoms with E-state index in [0.717, 1.165) is 6.42 Å². The average Bonchev–Trinajstić information content (AvgIpc) is 2.31. The molecule has 0 heteroatoms. The topological polar surface area (TPSA) is 0 Å². The Kier molecular flexibility index (Phi) is 3.00. The number of benzene rings is 1. The molecule has 0 heterocycles. The summed E-state index contributed by atoms with van der Waals surface area (Å²) in [5, 5.41) is 0. The zero-order valence-electron chi connectivity index (χ0n) is 10.4. The maximum Gasteiger partial charge on any atom is -0.00854 e. The van der Waals surface area contributed by atoms with E-state index in [4.69, 9.17) is 0 Å². The Morgan fingerprint density at radius 3 is 2.31 bits per heavy atom. The van der Waals surface area contributed by atoms with Crippen LogP contribution in [0.5, 0.6) is 0 Å². The Labute approximate surface area is 98.7 Å². The molecule has 0 fully saturated rings. The molecule has 1 aromatic carbocycles. The standard InChI is InChI=1S/C16H20/c1-13(2)16(3)11-9-15(10-12-16)14-7-5-4-6-8-14/h4-11,13H,12H2,1-3H3. The van der Waals surface area contributed by atoms with Crippen LogP contribution in [-0.2, 0) is 0 Å². The van der Waals surface area contributed by atoms with Gasteiger partial charge in [-0.25, -0.2) is 0 Å². The van der Waals surface area contributed by atoms with Gasteiger partial charge in [-0.1, -0.05) is 69.3 Å². The monoisotopic (exact) mass is 212 g/mol. The lowest BCUT2D eigenvalue weighted by molar-refractivity contribution is 0.300. The van der Waals surface area contributed by atoms with E-state index in [1.807, 2.05) is 0 Å². The Bertz CT molecular complexity index is 409. The molecule has 1 unspecified atom stereocenters. The predicted octanol–water partition coefficient (Wildman–Crippen LogP) is 4.69. The van der Waals surface area contributed by atoms with Crippen molar-refractivity contribution < 1.29 is 0 Å². The fraction of sp³-hybridized carbons (Fsp3) is 0.375. The third kappa shape index (κ3) is 2.11. The lowest BCUT2D eigenvalue weighted by Crippen LogP contribution is -2.21. The minimum absolute atomic E-state index is 0.332. The summed E-state index contributed by atoms with van der Waals surface area (Å²) in [6.07, 6.45) is 8.17. The van der Waals surface area contributed by atoms with E-state index < -0.39 is 0 Å². The molecule has 0 N–H and O–H groups in total. The highest BCUT2D eigenvalue weighted by Gasteiger charge is 2.26. The minimum atomic E-state index is 0.332. The summed E-state index contributed by atoms with van der Waals surface area (Å²) in [6.45, 7) is 6.93. The first-order valence-electron chi connectivity index (χ1n) is 6.07. The zero-order chi connectivity index (χ0) is 11.6. The van der Waals surface area contributed by atoms with Crippen molar-refractivity contribution in [3.05, 3.63) is 54.1 Å². The van der Waals surface area contributed by atoms with Crippen molar-refractivity contribution in [2.75, 3.05) is 0 Å². The lowest BCUT2D eigenvalue weighted by atomic mass is 9.73. The van der Waals surface area contributed by atoms with Crippen molar-refractivity contribution in [3.8, 4) is 0 Å². The number of hydrogen-bond donors (Lipinski definition) is 0. The fourth-order valence-corrected chi connectivity index (χ4v) is 2.02. The van der Waals surface area contributed by atoms with Gasteiger partial charge in [-0.05, 0) is 28.9 Å². The molecule has 0 amide bonds. The Hall–Kier alpha value is -1.30. The third-order valence-electron chi connectivity index (χ3n) is 3.83. The van der Waals surface area contributed by atoms with Gasteiger partial charge in [0.2, 0.25) is 0 Å². The molecule has 0 saturated heterocycles. The van der Waals surface area contributed by atoms with E-state index in [1.54, 1.807) is 0 Å². The lowest BCUT2D eigenvalue weighted by Gasteiger charge is -2.32. The normalized spacial score (nSPS) is 24.6. The highest BCUT2D eigenvalue weighted by molar-refractivity contribution is 5.75. The van der Waals surface area contributed by atoms with E-state index in [0.29, 0.717) is 11.3 Å². The average molecular weight is 212 g/mol. The van der Waals surface area contributed by atoms with Crippen LogP contribution in [-0.4, -0.2) is 0 Å². The maximum atomic E-state index is 2.38. The first kappa shape index (κ1) is 11.2. The molecule has 0 aromatic heterocycles. The van der Waals surface area contributed by atoms with Crippen molar-refractivity contribution in [2.24, 2.45) is 11.3 Å². The molecule has 16 heavy (non-hydrogen) atoms. The van der Waals surface area contributed by atoms with Crippen molar-refractivity contribution in [1.82, 2.24) is 0 Å². The second-order valence-corrected chi connectivity index (χ2v) is 5.22. The van der Waals surface area contributed by atoms with Crippen LogP contribution in [0.25, 0.3) is 5.57 Å². The highest BCUT2D eigenvalue weighted by atomic mass is 14.3. The van der Waals surface area contributed by atoms with E-state index in [1.165, 1.54) is 11.1 Å². The van der Waals surface area contributed by atoms with Crippen LogP contribution in [0.15, 0.2) is 48.6 Å². The van der Waals surface area contributed by atoms with Crippen LogP contribution < -0.4 is 0 Å². The summed E-state index contributed by atoms with van der Waals surface area (Å²) in [6, 6.07) is 10.6. The smallest absolute Gasteiger partial charge is 0.00854 e. The van der Waals surface area contributed by atoms with E-state index >= 15 is 0 Å². The summed E-state index contributed by atoms with van der Waals surface area (Å²) < 4.78 is 0. The molecule has 0 radical (unpaired) electrons. The first-order chi connectivity index (χ1) is 7.62.